The Labute approximate surface area is 254 Å². The molecule has 3 atom stereocenters. The number of amides is 3. The van der Waals surface area contributed by atoms with Crippen molar-refractivity contribution >= 4 is 73.8 Å². The van der Waals surface area contributed by atoms with Crippen molar-refractivity contribution in [3.63, 3.8) is 0 Å². The Hall–Kier alpha value is -4.27. The van der Waals surface area contributed by atoms with Gasteiger partial charge < -0.3 is 10.4 Å². The number of carbonyl (C=O) groups excluding carboxylic acids is 3. The Bertz CT molecular complexity index is 1800. The summed E-state index contributed by atoms with van der Waals surface area (Å²) in [5.41, 5.74) is 1.21. The molecule has 3 aromatic carbocycles. The van der Waals surface area contributed by atoms with E-state index in [0.29, 0.717) is 15.6 Å². The molecule has 6 rings (SSSR count). The molecule has 1 aromatic heterocycles. The number of nitrogens with one attached hydrogen (secondary N) is 1. The van der Waals surface area contributed by atoms with E-state index >= 15 is 0 Å². The first-order valence-corrected chi connectivity index (χ1v) is 15.0. The molecule has 1 fully saturated rings. The number of thiazole rings is 1. The Morgan fingerprint density at radius 2 is 1.64 bits per heavy atom. The molecule has 0 aliphatic carbocycles. The predicted molar refractivity (Wildman–Crippen MR) is 160 cm³/mol. The summed E-state index contributed by atoms with van der Waals surface area (Å²) in [5, 5.41) is 22.9. The van der Waals surface area contributed by atoms with E-state index in [2.05, 4.69) is 21.2 Å². The van der Waals surface area contributed by atoms with Crippen molar-refractivity contribution in [2.75, 3.05) is 10.2 Å². The summed E-state index contributed by atoms with van der Waals surface area (Å²) in [7, 11) is 0. The lowest BCUT2D eigenvalue weighted by Gasteiger charge is -2.30. The van der Waals surface area contributed by atoms with Crippen LogP contribution in [0.3, 0.4) is 0 Å². The van der Waals surface area contributed by atoms with Crippen LogP contribution in [0.25, 0.3) is 0 Å². The number of carbonyl (C=O) groups is 3. The van der Waals surface area contributed by atoms with E-state index in [4.69, 9.17) is 0 Å². The number of rotatable bonds is 6. The number of non-ortho nitro benzene ring substituents is 1. The van der Waals surface area contributed by atoms with Gasteiger partial charge in [-0.3, -0.25) is 33.9 Å². The number of nitro benzene ring substituents is 1. The van der Waals surface area contributed by atoms with Crippen LogP contribution in [-0.4, -0.2) is 37.6 Å². The van der Waals surface area contributed by atoms with Crippen LogP contribution in [0.5, 0.6) is 5.75 Å². The van der Waals surface area contributed by atoms with Crippen LogP contribution in [0.4, 0.5) is 17.1 Å². The highest BCUT2D eigenvalue weighted by molar-refractivity contribution is 9.10. The number of thioether (sulfide) groups is 1. The fourth-order valence-electron chi connectivity index (χ4n) is 5.15. The molecule has 2 unspecified atom stereocenters. The molecule has 0 spiro atoms. The summed E-state index contributed by atoms with van der Waals surface area (Å²) >= 11 is 5.43. The summed E-state index contributed by atoms with van der Waals surface area (Å²) in [5.74, 6) is -2.90. The lowest BCUT2D eigenvalue weighted by molar-refractivity contribution is -0.384. The molecule has 11 nitrogen and oxygen atoms in total. The first kappa shape index (κ1) is 27.9. The van der Waals surface area contributed by atoms with Crippen molar-refractivity contribution in [3.05, 3.63) is 107 Å². The maximum absolute atomic E-state index is 13.9. The Morgan fingerprint density at radius 3 is 2.29 bits per heavy atom. The van der Waals surface area contributed by atoms with E-state index in [1.807, 2.05) is 24.3 Å². The van der Waals surface area contributed by atoms with Gasteiger partial charge in [0.25, 0.3) is 5.69 Å². The number of phenolic OH excluding ortho intramolecular Hbond substituents is 1. The Balaban J connectivity index is 1.39. The van der Waals surface area contributed by atoms with Crippen molar-refractivity contribution in [2.24, 2.45) is 5.92 Å². The summed E-state index contributed by atoms with van der Waals surface area (Å²) in [4.78, 5) is 65.6. The van der Waals surface area contributed by atoms with Crippen molar-refractivity contribution in [2.45, 2.75) is 22.7 Å². The minimum absolute atomic E-state index is 0.0413. The number of aromatic hydroxyl groups is 1. The third-order valence-corrected chi connectivity index (χ3v) is 10.2. The van der Waals surface area contributed by atoms with Gasteiger partial charge in [-0.05, 0) is 54.1 Å². The van der Waals surface area contributed by atoms with Crippen molar-refractivity contribution < 1.29 is 24.4 Å². The van der Waals surface area contributed by atoms with Gasteiger partial charge in [-0.15, -0.1) is 0 Å². The molecule has 3 heterocycles. The van der Waals surface area contributed by atoms with Gasteiger partial charge in [0.15, 0.2) is 0 Å². The van der Waals surface area contributed by atoms with Crippen molar-refractivity contribution in [3.8, 4) is 5.75 Å². The zero-order chi connectivity index (χ0) is 29.7. The largest absolute Gasteiger partial charge is 0.508 e. The quantitative estimate of drug-likeness (QED) is 0.130. The fourth-order valence-corrected chi connectivity index (χ4v) is 8.19. The molecule has 212 valence electrons. The number of anilines is 2. The molecule has 1 saturated heterocycles. The van der Waals surface area contributed by atoms with Crippen LogP contribution in [0.2, 0.25) is 0 Å². The zero-order valence-corrected chi connectivity index (χ0v) is 24.5. The first-order chi connectivity index (χ1) is 20.1. The monoisotopic (exact) mass is 666 g/mol. The number of nitro groups is 1. The number of nitrogens with zero attached hydrogens (tertiary/aromatic N) is 3. The number of phenols is 1. The SMILES string of the molecule is O=C(Cn1c2c(sc1=O)[C@H](c1ccc(Br)cc1)C1C(=O)N(c3ccc([N+](=O)[O-])cc3)C(=O)C1S2)Nc1ccc(O)cc1. The zero-order valence-electron chi connectivity index (χ0n) is 21.3. The standard InChI is InChI=1S/C28H19BrN4O7S2/c29-15-3-1-14(2-4-15)21-22-23(26(37)32(25(22)36)17-7-9-18(10-8-17)33(39)40)41-27-24(21)42-28(38)31(27)13-20(35)30-16-5-11-19(34)12-6-16/h1-12,21-23,34H,13H2,(H,30,35)/t21-,22?,23?/m1/s1. The van der Waals surface area contributed by atoms with Gasteiger partial charge in [-0.2, -0.15) is 0 Å². The maximum atomic E-state index is 13.9. The Kier molecular flexibility index (Phi) is 7.20. The topological polar surface area (TPSA) is 152 Å². The molecule has 2 N–H and O–H groups in total. The number of fused-ring (bicyclic) bond motifs is 2. The molecule has 4 aromatic rings. The normalized spacial score (nSPS) is 19.4. The van der Waals surface area contributed by atoms with Gasteiger partial charge in [-0.25, -0.2) is 4.90 Å². The van der Waals surface area contributed by atoms with Crippen LogP contribution in [0, 0.1) is 16.0 Å². The molecular weight excluding hydrogens is 648 g/mol. The number of hydrogen-bond donors (Lipinski definition) is 2. The third-order valence-electron chi connectivity index (χ3n) is 7.05. The second kappa shape index (κ2) is 10.9. The predicted octanol–water partition coefficient (Wildman–Crippen LogP) is 4.72. The summed E-state index contributed by atoms with van der Waals surface area (Å²) in [6, 6.07) is 18.4. The van der Waals surface area contributed by atoms with Crippen molar-refractivity contribution in [1.29, 1.82) is 0 Å². The highest BCUT2D eigenvalue weighted by Crippen LogP contribution is 2.54. The van der Waals surface area contributed by atoms with Gasteiger partial charge in [0, 0.05) is 33.1 Å². The summed E-state index contributed by atoms with van der Waals surface area (Å²) in [6.07, 6.45) is 0. The van der Waals surface area contributed by atoms with E-state index in [9.17, 15) is 34.4 Å². The lowest BCUT2D eigenvalue weighted by atomic mass is 9.83. The Morgan fingerprint density at radius 1 is 0.976 bits per heavy atom. The van der Waals surface area contributed by atoms with E-state index in [0.717, 1.165) is 38.0 Å². The second-order valence-electron chi connectivity index (χ2n) is 9.60. The van der Waals surface area contributed by atoms with E-state index in [1.165, 1.54) is 53.1 Å². The van der Waals surface area contributed by atoms with Crippen molar-refractivity contribution in [1.82, 2.24) is 4.57 Å². The number of hydrogen-bond acceptors (Lipinski definition) is 9. The van der Waals surface area contributed by atoms with Crippen LogP contribution >= 0.6 is 39.0 Å². The van der Waals surface area contributed by atoms with E-state index in [1.54, 1.807) is 0 Å². The van der Waals surface area contributed by atoms with Gasteiger partial charge in [0.1, 0.15) is 17.5 Å². The van der Waals surface area contributed by atoms with Gasteiger partial charge >= 0.3 is 4.87 Å². The van der Waals surface area contributed by atoms with Crippen LogP contribution in [-0.2, 0) is 20.9 Å². The molecule has 0 radical (unpaired) electrons. The van der Waals surface area contributed by atoms with Gasteiger partial charge in [0.05, 0.1) is 21.6 Å². The molecular formula is C28H19BrN4O7S2. The average molecular weight is 668 g/mol. The van der Waals surface area contributed by atoms with Crippen LogP contribution < -0.4 is 15.1 Å². The summed E-state index contributed by atoms with van der Waals surface area (Å²) < 4.78 is 2.13. The minimum Gasteiger partial charge on any atom is -0.508 e. The maximum Gasteiger partial charge on any atom is 0.308 e. The smallest absolute Gasteiger partial charge is 0.308 e. The molecule has 0 saturated carbocycles. The van der Waals surface area contributed by atoms with Crippen LogP contribution in [0.1, 0.15) is 16.4 Å². The fraction of sp³-hybridized carbons (Fsp3) is 0.143. The lowest BCUT2D eigenvalue weighted by Crippen LogP contribution is -2.33. The molecule has 14 heteroatoms. The van der Waals surface area contributed by atoms with Gasteiger partial charge in [-0.1, -0.05) is 51.2 Å². The molecule has 42 heavy (non-hydrogen) atoms. The molecule has 2 aliphatic rings. The highest BCUT2D eigenvalue weighted by atomic mass is 79.9. The minimum atomic E-state index is -0.894. The molecule has 0 bridgehead atoms. The van der Waals surface area contributed by atoms with E-state index in [-0.39, 0.29) is 23.7 Å². The number of benzene rings is 3. The number of imide groups is 1. The number of halogens is 1. The molecule has 3 amide bonds. The third kappa shape index (κ3) is 4.91. The number of aromatic nitrogens is 1. The summed E-state index contributed by atoms with van der Waals surface area (Å²) in [6.45, 7) is -0.322. The first-order valence-electron chi connectivity index (χ1n) is 12.5. The van der Waals surface area contributed by atoms with E-state index < -0.39 is 44.6 Å². The highest BCUT2D eigenvalue weighted by Gasteiger charge is 2.56. The second-order valence-corrected chi connectivity index (χ2v) is 12.6. The molecule has 2 aliphatic heterocycles. The van der Waals surface area contributed by atoms with Crippen LogP contribution in [0.15, 0.2) is 87.1 Å². The van der Waals surface area contributed by atoms with Gasteiger partial charge in [0.2, 0.25) is 17.7 Å². The average Bonchev–Trinajstić information content (AvgIpc) is 3.41.